The summed E-state index contributed by atoms with van der Waals surface area (Å²) in [5.41, 5.74) is 1.92. The van der Waals surface area contributed by atoms with Crippen molar-refractivity contribution in [3.63, 3.8) is 0 Å². The lowest BCUT2D eigenvalue weighted by Crippen LogP contribution is -2.44. The van der Waals surface area contributed by atoms with Gasteiger partial charge in [0.15, 0.2) is 5.13 Å². The number of thiazole rings is 1. The molecule has 2 fully saturated rings. The van der Waals surface area contributed by atoms with E-state index in [4.69, 9.17) is 9.47 Å². The van der Waals surface area contributed by atoms with E-state index in [1.807, 2.05) is 11.0 Å². The van der Waals surface area contributed by atoms with Crippen molar-refractivity contribution < 1.29 is 14.3 Å². The molecule has 1 unspecified atom stereocenters. The van der Waals surface area contributed by atoms with Gasteiger partial charge in [0.2, 0.25) is 0 Å². The molecule has 1 N–H and O–H groups in total. The maximum absolute atomic E-state index is 12.7. The first-order valence-electron chi connectivity index (χ1n) is 9.55. The molecular formula is C19H26N4O3S. The number of amides is 2. The number of hydrogen-bond donors (Lipinski definition) is 1. The average molecular weight is 391 g/mol. The summed E-state index contributed by atoms with van der Waals surface area (Å²) < 4.78 is 12.0. The first-order valence-corrected chi connectivity index (χ1v) is 10.4. The monoisotopic (exact) mass is 390 g/mol. The van der Waals surface area contributed by atoms with Gasteiger partial charge in [-0.3, -0.25) is 5.32 Å². The van der Waals surface area contributed by atoms with Gasteiger partial charge in [0.05, 0.1) is 30.7 Å². The van der Waals surface area contributed by atoms with Crippen LogP contribution in [0.2, 0.25) is 0 Å². The molecule has 0 saturated carbocycles. The highest BCUT2D eigenvalue weighted by Crippen LogP contribution is 2.39. The fraction of sp³-hybridized carbons (Fsp3) is 0.579. The van der Waals surface area contributed by atoms with Gasteiger partial charge in [-0.15, -0.1) is 0 Å². The normalized spacial score (nSPS) is 20.7. The van der Waals surface area contributed by atoms with Crippen molar-refractivity contribution in [3.8, 4) is 5.75 Å². The molecule has 1 aromatic carbocycles. The van der Waals surface area contributed by atoms with E-state index >= 15 is 0 Å². The quantitative estimate of drug-likeness (QED) is 0.868. The molecule has 2 aliphatic heterocycles. The average Bonchev–Trinajstić information content (AvgIpc) is 3.11. The van der Waals surface area contributed by atoms with Crippen molar-refractivity contribution in [1.29, 1.82) is 0 Å². The lowest BCUT2D eigenvalue weighted by Gasteiger charge is -2.32. The zero-order valence-electron chi connectivity index (χ0n) is 15.9. The molecule has 8 heteroatoms. The zero-order valence-corrected chi connectivity index (χ0v) is 16.7. The lowest BCUT2D eigenvalue weighted by atomic mass is 10.0. The molecule has 146 valence electrons. The molecular weight excluding hydrogens is 364 g/mol. The fourth-order valence-corrected chi connectivity index (χ4v) is 4.82. The third-order valence-corrected chi connectivity index (χ3v) is 6.33. The Hall–Kier alpha value is -2.06. The second kappa shape index (κ2) is 7.90. The van der Waals surface area contributed by atoms with E-state index in [-0.39, 0.29) is 12.1 Å². The second-order valence-electron chi connectivity index (χ2n) is 7.05. The second-order valence-corrected chi connectivity index (χ2v) is 8.05. The Morgan fingerprint density at radius 1 is 1.30 bits per heavy atom. The van der Waals surface area contributed by atoms with E-state index in [2.05, 4.69) is 28.2 Å². The standard InChI is InChI=1S/C19H26N4O3S/c1-13-5-3-4-8-23(13)19(24)21-18-20-16-15(25-2)7-6-14(17(16)27-18)22-9-11-26-12-10-22/h6-7,13H,3-5,8-12H2,1-2H3,(H,20,21,24). The molecule has 1 aromatic heterocycles. The third-order valence-electron chi connectivity index (χ3n) is 5.34. The Bertz CT molecular complexity index is 819. The molecule has 3 heterocycles. The number of rotatable bonds is 3. The number of nitrogens with one attached hydrogen (secondary N) is 1. The summed E-state index contributed by atoms with van der Waals surface area (Å²) in [5, 5.41) is 3.63. The van der Waals surface area contributed by atoms with E-state index in [9.17, 15) is 4.79 Å². The van der Waals surface area contributed by atoms with Gasteiger partial charge in [-0.25, -0.2) is 9.78 Å². The number of fused-ring (bicyclic) bond motifs is 1. The number of carbonyl (C=O) groups is 1. The van der Waals surface area contributed by atoms with E-state index < -0.39 is 0 Å². The van der Waals surface area contributed by atoms with Crippen LogP contribution < -0.4 is 15.0 Å². The van der Waals surface area contributed by atoms with Crippen LogP contribution in [0.4, 0.5) is 15.6 Å². The number of anilines is 2. The highest BCUT2D eigenvalue weighted by molar-refractivity contribution is 7.23. The van der Waals surface area contributed by atoms with Gasteiger partial charge in [0.1, 0.15) is 11.3 Å². The van der Waals surface area contributed by atoms with Crippen LogP contribution in [0.3, 0.4) is 0 Å². The molecule has 2 amide bonds. The molecule has 7 nitrogen and oxygen atoms in total. The largest absolute Gasteiger partial charge is 0.494 e. The van der Waals surface area contributed by atoms with E-state index in [1.165, 1.54) is 17.8 Å². The van der Waals surface area contributed by atoms with Crippen LogP contribution in [-0.4, -0.2) is 61.9 Å². The number of piperidine rings is 1. The number of carbonyl (C=O) groups excluding carboxylic acids is 1. The first kappa shape index (κ1) is 18.3. The lowest BCUT2D eigenvalue weighted by molar-refractivity contribution is 0.123. The van der Waals surface area contributed by atoms with Gasteiger partial charge in [-0.1, -0.05) is 11.3 Å². The molecule has 0 spiro atoms. The summed E-state index contributed by atoms with van der Waals surface area (Å²) in [7, 11) is 1.65. The maximum Gasteiger partial charge on any atom is 0.323 e. The minimum Gasteiger partial charge on any atom is -0.494 e. The highest BCUT2D eigenvalue weighted by atomic mass is 32.1. The van der Waals surface area contributed by atoms with Gasteiger partial charge in [-0.2, -0.15) is 0 Å². The van der Waals surface area contributed by atoms with Crippen LogP contribution in [0, 0.1) is 0 Å². The van der Waals surface area contributed by atoms with Crippen molar-refractivity contribution in [2.24, 2.45) is 0 Å². The van der Waals surface area contributed by atoms with Crippen molar-refractivity contribution in [2.75, 3.05) is 50.2 Å². The predicted octanol–water partition coefficient (Wildman–Crippen LogP) is 3.55. The zero-order chi connectivity index (χ0) is 18.8. The number of benzene rings is 1. The topological polar surface area (TPSA) is 66.9 Å². The number of nitrogens with zero attached hydrogens (tertiary/aromatic N) is 3. The highest BCUT2D eigenvalue weighted by Gasteiger charge is 2.25. The molecule has 0 aliphatic carbocycles. The van der Waals surface area contributed by atoms with E-state index in [0.717, 1.165) is 67.3 Å². The molecule has 0 radical (unpaired) electrons. The SMILES string of the molecule is COc1ccc(N2CCOCC2)c2sc(NC(=O)N3CCCCC3C)nc12. The van der Waals surface area contributed by atoms with Crippen LogP contribution in [0.5, 0.6) is 5.75 Å². The summed E-state index contributed by atoms with van der Waals surface area (Å²) in [6, 6.07) is 4.23. The van der Waals surface area contributed by atoms with Gasteiger partial charge < -0.3 is 19.3 Å². The van der Waals surface area contributed by atoms with Gasteiger partial charge in [0, 0.05) is 25.7 Å². The van der Waals surface area contributed by atoms with Crippen LogP contribution in [0.15, 0.2) is 12.1 Å². The van der Waals surface area contributed by atoms with E-state index in [1.54, 1.807) is 7.11 Å². The summed E-state index contributed by atoms with van der Waals surface area (Å²) in [6.45, 7) is 6.07. The molecule has 27 heavy (non-hydrogen) atoms. The van der Waals surface area contributed by atoms with Crippen molar-refractivity contribution in [2.45, 2.75) is 32.2 Å². The minimum atomic E-state index is -0.0619. The predicted molar refractivity (Wildman–Crippen MR) is 108 cm³/mol. The van der Waals surface area contributed by atoms with Crippen LogP contribution in [-0.2, 0) is 4.74 Å². The molecule has 2 aliphatic rings. The summed E-state index contributed by atoms with van der Waals surface area (Å²) in [5.74, 6) is 0.727. The first-order chi connectivity index (χ1) is 13.2. The van der Waals surface area contributed by atoms with Crippen LogP contribution >= 0.6 is 11.3 Å². The van der Waals surface area contributed by atoms with Crippen LogP contribution in [0.25, 0.3) is 10.2 Å². The van der Waals surface area contributed by atoms with Crippen LogP contribution in [0.1, 0.15) is 26.2 Å². The van der Waals surface area contributed by atoms with Gasteiger partial charge in [-0.05, 0) is 38.3 Å². The Kier molecular flexibility index (Phi) is 5.36. The molecule has 2 aromatic rings. The Labute approximate surface area is 163 Å². The maximum atomic E-state index is 12.7. The van der Waals surface area contributed by atoms with E-state index in [0.29, 0.717) is 5.13 Å². The Morgan fingerprint density at radius 3 is 2.85 bits per heavy atom. The number of ether oxygens (including phenoxy) is 2. The van der Waals surface area contributed by atoms with Crippen molar-refractivity contribution in [1.82, 2.24) is 9.88 Å². The fourth-order valence-electron chi connectivity index (χ4n) is 3.80. The molecule has 2 saturated heterocycles. The van der Waals surface area contributed by atoms with Gasteiger partial charge >= 0.3 is 6.03 Å². The number of likely N-dealkylation sites (tertiary alicyclic amines) is 1. The molecule has 4 rings (SSSR count). The Morgan fingerprint density at radius 2 is 2.11 bits per heavy atom. The summed E-state index contributed by atoms with van der Waals surface area (Å²) in [6.07, 6.45) is 3.31. The smallest absolute Gasteiger partial charge is 0.323 e. The minimum absolute atomic E-state index is 0.0619. The number of urea groups is 1. The van der Waals surface area contributed by atoms with Crippen molar-refractivity contribution >= 4 is 38.4 Å². The number of methoxy groups -OCH3 is 1. The number of morpholine rings is 1. The Balaban J connectivity index is 1.62. The van der Waals surface area contributed by atoms with Crippen molar-refractivity contribution in [3.05, 3.63) is 12.1 Å². The number of aromatic nitrogens is 1. The molecule has 0 bridgehead atoms. The molecule has 1 atom stereocenters. The third kappa shape index (κ3) is 3.68. The summed E-state index contributed by atoms with van der Waals surface area (Å²) >= 11 is 1.51. The summed E-state index contributed by atoms with van der Waals surface area (Å²) in [4.78, 5) is 21.6. The van der Waals surface area contributed by atoms with Gasteiger partial charge in [0.25, 0.3) is 0 Å². The number of hydrogen-bond acceptors (Lipinski definition) is 6.